The lowest BCUT2D eigenvalue weighted by molar-refractivity contribution is -0.121. The van der Waals surface area contributed by atoms with Crippen LogP contribution < -0.4 is 14.8 Å². The van der Waals surface area contributed by atoms with E-state index in [1.54, 1.807) is 46.0 Å². The van der Waals surface area contributed by atoms with Crippen molar-refractivity contribution < 1.29 is 22.7 Å². The standard InChI is InChI=1S/C26H25N3O3.C21H19N3O2S2.C6H5Cl/c1-19-8-6-7-11-24(19)29-25(16-23(28-29)21-12-14-22(31-2)15-13-21)27-26(30)18-32-17-20-9-4-3-5-10-20;1-2-16-10-12-18(13-11-16)28(25,26)23-21-15-19(20-9-6-14-27-20)22-24(21)17-7-4-3-5-8-17;7-6-4-2-1-3-5-6/h3-16H,17-18H2,1-2H3,(H,27,30);3-15,23H,2H2,1H3;1-5H. The number of aromatic nitrogens is 4. The molecule has 0 radical (unpaired) electrons. The van der Waals surface area contributed by atoms with Crippen molar-refractivity contribution in [3.8, 4) is 39.0 Å². The van der Waals surface area contributed by atoms with Crippen LogP contribution in [0.4, 0.5) is 11.6 Å². The van der Waals surface area contributed by atoms with E-state index in [2.05, 4.69) is 15.1 Å². The van der Waals surface area contributed by atoms with E-state index in [9.17, 15) is 13.2 Å². The Hall–Kier alpha value is -7.29. The van der Waals surface area contributed by atoms with Crippen molar-refractivity contribution >= 4 is 50.5 Å². The molecule has 6 aromatic carbocycles. The van der Waals surface area contributed by atoms with Crippen LogP contribution in [0.2, 0.25) is 5.02 Å². The Bertz CT molecular complexity index is 3060. The summed E-state index contributed by atoms with van der Waals surface area (Å²) in [6.07, 6.45) is 0.860. The van der Waals surface area contributed by atoms with E-state index in [1.165, 1.54) is 0 Å². The molecule has 3 aromatic heterocycles. The zero-order valence-electron chi connectivity index (χ0n) is 37.1. The van der Waals surface area contributed by atoms with E-state index < -0.39 is 10.0 Å². The van der Waals surface area contributed by atoms with Crippen molar-refractivity contribution in [1.82, 2.24) is 19.6 Å². The van der Waals surface area contributed by atoms with Crippen molar-refractivity contribution in [3.05, 3.63) is 215 Å². The fourth-order valence-electron chi connectivity index (χ4n) is 6.65. The molecule has 340 valence electrons. The summed E-state index contributed by atoms with van der Waals surface area (Å²) in [4.78, 5) is 13.8. The molecule has 0 atom stereocenters. The normalized spacial score (nSPS) is 10.8. The smallest absolute Gasteiger partial charge is 0.263 e. The Balaban J connectivity index is 0.000000174. The maximum Gasteiger partial charge on any atom is 0.263 e. The van der Waals surface area contributed by atoms with Crippen molar-refractivity contribution in [2.75, 3.05) is 23.8 Å². The second-order valence-corrected chi connectivity index (χ2v) is 18.0. The number of rotatable bonds is 14. The van der Waals surface area contributed by atoms with Crippen LogP contribution in [0, 0.1) is 6.92 Å². The summed E-state index contributed by atoms with van der Waals surface area (Å²) in [7, 11) is -2.10. The van der Waals surface area contributed by atoms with Crippen LogP contribution in [0.25, 0.3) is 33.2 Å². The summed E-state index contributed by atoms with van der Waals surface area (Å²) >= 11 is 7.10. The molecule has 0 unspecified atom stereocenters. The van der Waals surface area contributed by atoms with Gasteiger partial charge in [-0.15, -0.1) is 11.3 Å². The van der Waals surface area contributed by atoms with Gasteiger partial charge in [0.05, 0.1) is 40.6 Å². The number of nitrogens with zero attached hydrogens (tertiary/aromatic N) is 4. The highest BCUT2D eigenvalue weighted by Crippen LogP contribution is 2.30. The lowest BCUT2D eigenvalue weighted by Gasteiger charge is -2.11. The van der Waals surface area contributed by atoms with E-state index in [-0.39, 0.29) is 17.4 Å². The number of thiophene rings is 1. The molecule has 14 heteroatoms. The first-order chi connectivity index (χ1) is 32.6. The average Bonchev–Trinajstić information content (AvgIpc) is 4.14. The molecule has 11 nitrogen and oxygen atoms in total. The predicted molar refractivity (Wildman–Crippen MR) is 270 cm³/mol. The van der Waals surface area contributed by atoms with Crippen LogP contribution in [0.3, 0.4) is 0 Å². The van der Waals surface area contributed by atoms with Gasteiger partial charge in [0, 0.05) is 22.7 Å². The van der Waals surface area contributed by atoms with Crippen molar-refractivity contribution in [2.24, 2.45) is 0 Å². The third-order valence-corrected chi connectivity index (χ3v) is 12.7. The molecule has 9 aromatic rings. The van der Waals surface area contributed by atoms with Crippen molar-refractivity contribution in [3.63, 3.8) is 0 Å². The van der Waals surface area contributed by atoms with Gasteiger partial charge in [-0.3, -0.25) is 9.52 Å². The monoisotopic (exact) mass is 948 g/mol. The van der Waals surface area contributed by atoms with Crippen LogP contribution in [-0.4, -0.2) is 47.6 Å². The van der Waals surface area contributed by atoms with Gasteiger partial charge in [-0.1, -0.05) is 122 Å². The summed E-state index contributed by atoms with van der Waals surface area (Å²) in [5.41, 5.74) is 7.23. The second kappa shape index (κ2) is 23.2. The first-order valence-electron chi connectivity index (χ1n) is 21.3. The summed E-state index contributed by atoms with van der Waals surface area (Å²) in [6.45, 7) is 4.37. The number of methoxy groups -OCH3 is 1. The predicted octanol–water partition coefficient (Wildman–Crippen LogP) is 12.3. The number of benzene rings is 6. The highest BCUT2D eigenvalue weighted by Gasteiger charge is 2.20. The molecule has 67 heavy (non-hydrogen) atoms. The molecule has 0 aliphatic rings. The molecule has 0 bridgehead atoms. The van der Waals surface area contributed by atoms with Gasteiger partial charge < -0.3 is 14.8 Å². The van der Waals surface area contributed by atoms with E-state index in [1.807, 2.05) is 189 Å². The number of halogens is 1. The molecular weight excluding hydrogens is 900 g/mol. The van der Waals surface area contributed by atoms with Crippen LogP contribution >= 0.6 is 22.9 Å². The van der Waals surface area contributed by atoms with Crippen LogP contribution in [0.1, 0.15) is 23.6 Å². The van der Waals surface area contributed by atoms with Gasteiger partial charge >= 0.3 is 0 Å². The number of amides is 1. The molecule has 0 aliphatic carbocycles. The van der Waals surface area contributed by atoms with E-state index >= 15 is 0 Å². The first kappa shape index (κ1) is 47.7. The molecule has 1 amide bonds. The van der Waals surface area contributed by atoms with E-state index in [4.69, 9.17) is 26.2 Å². The van der Waals surface area contributed by atoms with Crippen molar-refractivity contribution in [1.29, 1.82) is 0 Å². The van der Waals surface area contributed by atoms with Gasteiger partial charge in [0.15, 0.2) is 0 Å². The number of anilines is 2. The Morgan fingerprint density at radius 3 is 1.93 bits per heavy atom. The number of carbonyl (C=O) groups excluding carboxylic acids is 1. The number of hydrogen-bond donors (Lipinski definition) is 2. The molecule has 9 rings (SSSR count). The number of ether oxygens (including phenoxy) is 2. The number of aryl methyl sites for hydroxylation is 2. The van der Waals surface area contributed by atoms with Gasteiger partial charge in [-0.25, -0.2) is 17.8 Å². The number of carbonyl (C=O) groups is 1. The average molecular weight is 950 g/mol. The van der Waals surface area contributed by atoms with Crippen molar-refractivity contribution in [2.45, 2.75) is 31.8 Å². The number of nitrogens with one attached hydrogen (secondary N) is 2. The number of sulfonamides is 1. The van der Waals surface area contributed by atoms with Crippen LogP contribution in [0.15, 0.2) is 198 Å². The Kier molecular flexibility index (Phi) is 16.5. The molecular formula is C53H49ClN6O5S2. The van der Waals surface area contributed by atoms with Gasteiger partial charge in [0.1, 0.15) is 29.7 Å². The summed E-state index contributed by atoms with van der Waals surface area (Å²) in [6, 6.07) is 58.7. The number of para-hydroxylation sites is 2. The first-order valence-corrected chi connectivity index (χ1v) is 24.1. The molecule has 2 N–H and O–H groups in total. The Labute approximate surface area is 400 Å². The third kappa shape index (κ3) is 13.2. The van der Waals surface area contributed by atoms with Crippen LogP contribution in [0.5, 0.6) is 5.75 Å². The van der Waals surface area contributed by atoms with E-state index in [0.717, 1.165) is 67.1 Å². The molecule has 0 fully saturated rings. The molecule has 0 saturated carbocycles. The van der Waals surface area contributed by atoms with Gasteiger partial charge in [-0.2, -0.15) is 10.2 Å². The Morgan fingerprint density at radius 2 is 1.31 bits per heavy atom. The zero-order chi connectivity index (χ0) is 47.0. The summed E-state index contributed by atoms with van der Waals surface area (Å²) in [5, 5.41) is 15.1. The molecule has 0 aliphatic heterocycles. The maximum atomic E-state index is 12.9. The third-order valence-electron chi connectivity index (χ3n) is 10.1. The second-order valence-electron chi connectivity index (χ2n) is 14.9. The minimum Gasteiger partial charge on any atom is -0.497 e. The van der Waals surface area contributed by atoms with Gasteiger partial charge in [-0.05, 0) is 108 Å². The fourth-order valence-corrected chi connectivity index (χ4v) is 8.51. The minimum absolute atomic E-state index is 0.0499. The highest BCUT2D eigenvalue weighted by molar-refractivity contribution is 7.92. The molecule has 0 saturated heterocycles. The lowest BCUT2D eigenvalue weighted by atomic mass is 10.1. The lowest BCUT2D eigenvalue weighted by Crippen LogP contribution is -2.20. The number of hydrogen-bond acceptors (Lipinski definition) is 8. The molecule has 0 spiro atoms. The SMILES string of the molecule is CCc1ccc(S(=O)(=O)Nc2cc(-c3cccs3)nn2-c2ccccc2)cc1.COc1ccc(-c2cc(NC(=O)COCc3ccccc3)n(-c3ccccc3C)n2)cc1.Clc1ccccc1. The fraction of sp³-hybridized carbons (Fsp3) is 0.113. The Morgan fingerprint density at radius 1 is 0.687 bits per heavy atom. The highest BCUT2D eigenvalue weighted by atomic mass is 35.5. The van der Waals surface area contributed by atoms with Crippen LogP contribution in [-0.2, 0) is 32.6 Å². The maximum absolute atomic E-state index is 12.9. The van der Waals surface area contributed by atoms with Gasteiger partial charge in [0.2, 0.25) is 0 Å². The summed E-state index contributed by atoms with van der Waals surface area (Å²) in [5.74, 6) is 1.51. The zero-order valence-corrected chi connectivity index (χ0v) is 39.5. The molecule has 3 heterocycles. The van der Waals surface area contributed by atoms with E-state index in [0.29, 0.717) is 18.2 Å². The largest absolute Gasteiger partial charge is 0.497 e. The topological polar surface area (TPSA) is 129 Å². The summed E-state index contributed by atoms with van der Waals surface area (Å²) < 4.78 is 42.8. The quantitative estimate of drug-likeness (QED) is 0.111. The minimum atomic E-state index is -3.73. The van der Waals surface area contributed by atoms with Gasteiger partial charge in [0.25, 0.3) is 15.9 Å².